The molecular formula is C10H13NO3S. The van der Waals surface area contributed by atoms with E-state index in [0.717, 1.165) is 6.26 Å². The molecule has 0 heterocycles. The van der Waals surface area contributed by atoms with E-state index in [1.807, 2.05) is 6.07 Å². The SMILES string of the molecule is CC(C(=NO)c1ccccc1)S(C)(=O)=O. The molecule has 1 unspecified atom stereocenters. The Morgan fingerprint density at radius 1 is 1.33 bits per heavy atom. The fourth-order valence-electron chi connectivity index (χ4n) is 1.19. The lowest BCUT2D eigenvalue weighted by Crippen LogP contribution is -2.27. The molecule has 0 aliphatic rings. The molecule has 0 fully saturated rings. The predicted octanol–water partition coefficient (Wildman–Crippen LogP) is 1.30. The first-order chi connectivity index (χ1) is 6.96. The van der Waals surface area contributed by atoms with E-state index in [9.17, 15) is 8.42 Å². The van der Waals surface area contributed by atoms with Crippen LogP contribution in [0.5, 0.6) is 0 Å². The Kier molecular flexibility index (Phi) is 3.47. The maximum absolute atomic E-state index is 11.3. The van der Waals surface area contributed by atoms with Crippen LogP contribution in [0.4, 0.5) is 0 Å². The number of benzene rings is 1. The number of rotatable bonds is 3. The van der Waals surface area contributed by atoms with Gasteiger partial charge in [0.25, 0.3) is 0 Å². The molecule has 0 aliphatic heterocycles. The molecule has 5 heteroatoms. The van der Waals surface area contributed by atoms with E-state index < -0.39 is 15.1 Å². The Morgan fingerprint density at radius 3 is 2.27 bits per heavy atom. The zero-order valence-corrected chi connectivity index (χ0v) is 9.40. The summed E-state index contributed by atoms with van der Waals surface area (Å²) >= 11 is 0. The number of sulfone groups is 1. The van der Waals surface area contributed by atoms with Crippen LogP contribution < -0.4 is 0 Å². The summed E-state index contributed by atoms with van der Waals surface area (Å²) < 4.78 is 22.6. The zero-order valence-electron chi connectivity index (χ0n) is 8.58. The van der Waals surface area contributed by atoms with E-state index >= 15 is 0 Å². The maximum Gasteiger partial charge on any atom is 0.155 e. The van der Waals surface area contributed by atoms with E-state index in [-0.39, 0.29) is 5.71 Å². The van der Waals surface area contributed by atoms with Crippen molar-refractivity contribution in [2.75, 3.05) is 6.26 Å². The molecule has 1 rings (SSSR count). The van der Waals surface area contributed by atoms with Gasteiger partial charge in [0.15, 0.2) is 9.84 Å². The zero-order chi connectivity index (χ0) is 11.5. The molecule has 0 bridgehead atoms. The number of hydrogen-bond donors (Lipinski definition) is 1. The van der Waals surface area contributed by atoms with Crippen LogP contribution in [0, 0.1) is 0 Å². The number of nitrogens with zero attached hydrogens (tertiary/aromatic N) is 1. The van der Waals surface area contributed by atoms with Crippen LogP contribution in [0.25, 0.3) is 0 Å². The van der Waals surface area contributed by atoms with E-state index in [4.69, 9.17) is 5.21 Å². The average Bonchev–Trinajstić information content (AvgIpc) is 2.19. The minimum absolute atomic E-state index is 0.165. The first-order valence-electron chi connectivity index (χ1n) is 4.43. The van der Waals surface area contributed by atoms with Crippen LogP contribution in [-0.2, 0) is 9.84 Å². The highest BCUT2D eigenvalue weighted by Gasteiger charge is 2.23. The molecule has 0 saturated carbocycles. The monoisotopic (exact) mass is 227 g/mol. The van der Waals surface area contributed by atoms with Crippen molar-refractivity contribution in [1.29, 1.82) is 0 Å². The molecular weight excluding hydrogens is 214 g/mol. The number of oxime groups is 1. The highest BCUT2D eigenvalue weighted by Crippen LogP contribution is 2.10. The molecule has 1 atom stereocenters. The van der Waals surface area contributed by atoms with Gasteiger partial charge >= 0.3 is 0 Å². The molecule has 1 aromatic carbocycles. The Labute approximate surface area is 89.2 Å². The van der Waals surface area contributed by atoms with Crippen molar-refractivity contribution in [2.45, 2.75) is 12.2 Å². The quantitative estimate of drug-likeness (QED) is 0.481. The van der Waals surface area contributed by atoms with Crippen molar-refractivity contribution in [3.05, 3.63) is 35.9 Å². The average molecular weight is 227 g/mol. The van der Waals surface area contributed by atoms with Gasteiger partial charge in [0.1, 0.15) is 11.0 Å². The molecule has 0 saturated heterocycles. The summed E-state index contributed by atoms with van der Waals surface area (Å²) in [7, 11) is -3.25. The van der Waals surface area contributed by atoms with Gasteiger partial charge in [0.2, 0.25) is 0 Å². The van der Waals surface area contributed by atoms with Crippen molar-refractivity contribution in [3.8, 4) is 0 Å². The van der Waals surface area contributed by atoms with Crippen molar-refractivity contribution < 1.29 is 13.6 Å². The van der Waals surface area contributed by atoms with Gasteiger partial charge in [0.05, 0.1) is 0 Å². The Bertz CT molecular complexity index is 451. The third kappa shape index (κ3) is 2.79. The number of hydrogen-bond acceptors (Lipinski definition) is 4. The van der Waals surface area contributed by atoms with Gasteiger partial charge in [-0.15, -0.1) is 0 Å². The minimum Gasteiger partial charge on any atom is -0.411 e. The summed E-state index contributed by atoms with van der Waals surface area (Å²) in [5.41, 5.74) is 0.774. The molecule has 0 aliphatic carbocycles. The summed E-state index contributed by atoms with van der Waals surface area (Å²) in [6, 6.07) is 8.74. The molecule has 0 amide bonds. The molecule has 82 valence electrons. The maximum atomic E-state index is 11.3. The summed E-state index contributed by atoms with van der Waals surface area (Å²) in [4.78, 5) is 0. The van der Waals surface area contributed by atoms with Crippen LogP contribution in [0.2, 0.25) is 0 Å². The highest BCUT2D eigenvalue weighted by molar-refractivity contribution is 7.92. The molecule has 4 nitrogen and oxygen atoms in total. The van der Waals surface area contributed by atoms with Gasteiger partial charge in [-0.1, -0.05) is 35.5 Å². The first kappa shape index (κ1) is 11.7. The molecule has 0 aromatic heterocycles. The smallest absolute Gasteiger partial charge is 0.155 e. The second kappa shape index (κ2) is 4.44. The predicted molar refractivity (Wildman–Crippen MR) is 59.1 cm³/mol. The van der Waals surface area contributed by atoms with E-state index in [0.29, 0.717) is 5.56 Å². The lowest BCUT2D eigenvalue weighted by Gasteiger charge is -2.11. The normalized spacial score (nSPS) is 14.9. The first-order valence-corrected chi connectivity index (χ1v) is 6.38. The second-order valence-electron chi connectivity index (χ2n) is 3.32. The summed E-state index contributed by atoms with van der Waals surface area (Å²) in [6.45, 7) is 1.50. The van der Waals surface area contributed by atoms with Gasteiger partial charge in [-0.2, -0.15) is 0 Å². The molecule has 0 radical (unpaired) electrons. The van der Waals surface area contributed by atoms with Gasteiger partial charge in [0, 0.05) is 11.8 Å². The summed E-state index contributed by atoms with van der Waals surface area (Å²) in [5.74, 6) is 0. The third-order valence-electron chi connectivity index (χ3n) is 2.20. The summed E-state index contributed by atoms with van der Waals surface area (Å²) in [5, 5.41) is 11.1. The van der Waals surface area contributed by atoms with Gasteiger partial charge < -0.3 is 5.21 Å². The Morgan fingerprint density at radius 2 is 1.87 bits per heavy atom. The highest BCUT2D eigenvalue weighted by atomic mass is 32.2. The molecule has 1 aromatic rings. The van der Waals surface area contributed by atoms with Gasteiger partial charge in [-0.3, -0.25) is 0 Å². The van der Waals surface area contributed by atoms with Crippen molar-refractivity contribution >= 4 is 15.5 Å². The van der Waals surface area contributed by atoms with Gasteiger partial charge in [-0.25, -0.2) is 8.42 Å². The Balaban J connectivity index is 3.13. The van der Waals surface area contributed by atoms with Crippen LogP contribution in [-0.4, -0.2) is 30.8 Å². The van der Waals surface area contributed by atoms with Crippen LogP contribution in [0.15, 0.2) is 35.5 Å². The van der Waals surface area contributed by atoms with Crippen molar-refractivity contribution in [1.82, 2.24) is 0 Å². The minimum atomic E-state index is -3.25. The van der Waals surface area contributed by atoms with E-state index in [1.165, 1.54) is 6.92 Å². The summed E-state index contributed by atoms with van der Waals surface area (Å²) in [6.07, 6.45) is 1.12. The van der Waals surface area contributed by atoms with Crippen LogP contribution in [0.1, 0.15) is 12.5 Å². The molecule has 15 heavy (non-hydrogen) atoms. The largest absolute Gasteiger partial charge is 0.411 e. The fraction of sp³-hybridized carbons (Fsp3) is 0.300. The van der Waals surface area contributed by atoms with E-state index in [1.54, 1.807) is 24.3 Å². The second-order valence-corrected chi connectivity index (χ2v) is 5.69. The van der Waals surface area contributed by atoms with Crippen molar-refractivity contribution in [3.63, 3.8) is 0 Å². The van der Waals surface area contributed by atoms with Crippen LogP contribution >= 0.6 is 0 Å². The van der Waals surface area contributed by atoms with Crippen molar-refractivity contribution in [2.24, 2.45) is 5.16 Å². The molecule has 1 N–H and O–H groups in total. The topological polar surface area (TPSA) is 66.7 Å². The fourth-order valence-corrected chi connectivity index (χ4v) is 1.77. The van der Waals surface area contributed by atoms with E-state index in [2.05, 4.69) is 5.16 Å². The third-order valence-corrected chi connectivity index (χ3v) is 3.71. The van der Waals surface area contributed by atoms with Crippen LogP contribution in [0.3, 0.4) is 0 Å². The standard InChI is InChI=1S/C10H13NO3S/c1-8(15(2,13)14)10(11-12)9-6-4-3-5-7-9/h3-8,12H,1-2H3. The Hall–Kier alpha value is -1.36. The lowest BCUT2D eigenvalue weighted by molar-refractivity contribution is 0.318. The molecule has 0 spiro atoms. The van der Waals surface area contributed by atoms with Gasteiger partial charge in [-0.05, 0) is 6.92 Å². The lowest BCUT2D eigenvalue weighted by atomic mass is 10.1.